The number of amides is 3. The van der Waals surface area contributed by atoms with Gasteiger partial charge >= 0.3 is 0 Å². The second-order valence-electron chi connectivity index (χ2n) is 6.28. The molecule has 3 amide bonds. The van der Waals surface area contributed by atoms with Crippen LogP contribution in [0.1, 0.15) is 31.1 Å². The van der Waals surface area contributed by atoms with Gasteiger partial charge in [0.15, 0.2) is 0 Å². The van der Waals surface area contributed by atoms with Crippen LogP contribution >= 0.6 is 15.9 Å². The molecule has 0 N–H and O–H groups in total. The first-order valence-corrected chi connectivity index (χ1v) is 9.44. The quantitative estimate of drug-likeness (QED) is 0.573. The summed E-state index contributed by atoms with van der Waals surface area (Å²) >= 11 is 3.46. The Balaban J connectivity index is 1.73. The highest BCUT2D eigenvalue weighted by atomic mass is 79.9. The lowest BCUT2D eigenvalue weighted by atomic mass is 10.1. The number of hydrogen-bond acceptors (Lipinski definition) is 3. The smallest absolute Gasteiger partial charge is 0.263 e. The third-order valence-electron chi connectivity index (χ3n) is 4.57. The van der Waals surface area contributed by atoms with Crippen LogP contribution in [0.3, 0.4) is 0 Å². The number of anilines is 1. The lowest BCUT2D eigenvalue weighted by Gasteiger charge is -2.28. The van der Waals surface area contributed by atoms with Crippen molar-refractivity contribution in [2.75, 3.05) is 11.6 Å². The van der Waals surface area contributed by atoms with Gasteiger partial charge in [-0.1, -0.05) is 42.5 Å². The Bertz CT molecular complexity index is 1050. The molecule has 1 aliphatic heterocycles. The van der Waals surface area contributed by atoms with E-state index in [-0.39, 0.29) is 12.6 Å². The van der Waals surface area contributed by atoms with Crippen molar-refractivity contribution in [3.05, 3.63) is 100 Å². The number of hydrogen-bond donors (Lipinski definition) is 0. The highest BCUT2D eigenvalue weighted by Gasteiger charge is 2.37. The number of para-hydroxylation sites is 1. The number of nitrogens with zero attached hydrogens (tertiary/aromatic N) is 2. The monoisotopic (exact) mass is 434 g/mol. The predicted molar refractivity (Wildman–Crippen MR) is 109 cm³/mol. The van der Waals surface area contributed by atoms with Gasteiger partial charge in [-0.2, -0.15) is 0 Å². The minimum atomic E-state index is -0.404. The Morgan fingerprint density at radius 3 is 1.93 bits per heavy atom. The molecule has 0 aromatic heterocycles. The van der Waals surface area contributed by atoms with Gasteiger partial charge in [0.05, 0.1) is 16.8 Å². The molecule has 0 bridgehead atoms. The van der Waals surface area contributed by atoms with Crippen LogP contribution in [0.2, 0.25) is 0 Å². The lowest BCUT2D eigenvalue weighted by Crippen LogP contribution is -2.44. The maximum Gasteiger partial charge on any atom is 0.263 e. The molecule has 6 heteroatoms. The van der Waals surface area contributed by atoms with Crippen LogP contribution in [-0.2, 0) is 0 Å². The maximum absolute atomic E-state index is 13.2. The first kappa shape index (κ1) is 18.1. The van der Waals surface area contributed by atoms with E-state index in [1.54, 1.807) is 60.7 Å². The van der Waals surface area contributed by atoms with Crippen molar-refractivity contribution in [1.82, 2.24) is 4.90 Å². The number of halogens is 1. The van der Waals surface area contributed by atoms with Crippen molar-refractivity contribution in [3.8, 4) is 0 Å². The molecule has 0 spiro atoms. The first-order chi connectivity index (χ1) is 13.6. The van der Waals surface area contributed by atoms with Crippen LogP contribution in [0, 0.1) is 0 Å². The van der Waals surface area contributed by atoms with E-state index >= 15 is 0 Å². The van der Waals surface area contributed by atoms with Gasteiger partial charge in [-0.15, -0.1) is 0 Å². The fourth-order valence-corrected chi connectivity index (χ4v) is 3.66. The van der Waals surface area contributed by atoms with Crippen LogP contribution in [0.4, 0.5) is 5.69 Å². The molecule has 0 saturated carbocycles. The van der Waals surface area contributed by atoms with Gasteiger partial charge in [0.2, 0.25) is 0 Å². The SMILES string of the molecule is O=C1c2ccccc2C(=O)N1CN(C(=O)c1ccccc1)c1ccccc1Br. The summed E-state index contributed by atoms with van der Waals surface area (Å²) in [4.78, 5) is 41.3. The van der Waals surface area contributed by atoms with E-state index in [1.807, 2.05) is 18.2 Å². The third kappa shape index (κ3) is 3.12. The second-order valence-corrected chi connectivity index (χ2v) is 7.13. The molecule has 1 aliphatic rings. The van der Waals surface area contributed by atoms with E-state index in [2.05, 4.69) is 15.9 Å². The zero-order valence-corrected chi connectivity index (χ0v) is 16.3. The largest absolute Gasteiger partial charge is 0.288 e. The van der Waals surface area contributed by atoms with Crippen LogP contribution in [0.5, 0.6) is 0 Å². The highest BCUT2D eigenvalue weighted by Crippen LogP contribution is 2.29. The molecule has 138 valence electrons. The van der Waals surface area contributed by atoms with Gasteiger partial charge in [-0.3, -0.25) is 24.2 Å². The Hall–Kier alpha value is -3.25. The van der Waals surface area contributed by atoms with Gasteiger partial charge in [-0.05, 0) is 52.3 Å². The van der Waals surface area contributed by atoms with Gasteiger partial charge in [0.1, 0.15) is 6.67 Å². The molecule has 4 rings (SSSR count). The zero-order valence-electron chi connectivity index (χ0n) is 14.7. The average molecular weight is 435 g/mol. The summed E-state index contributed by atoms with van der Waals surface area (Å²) in [5.41, 5.74) is 1.75. The fraction of sp³-hybridized carbons (Fsp3) is 0.0455. The molecule has 28 heavy (non-hydrogen) atoms. The minimum absolute atomic E-state index is 0.178. The third-order valence-corrected chi connectivity index (χ3v) is 5.24. The number of imide groups is 1. The van der Waals surface area contributed by atoms with Gasteiger partial charge < -0.3 is 0 Å². The summed E-state index contributed by atoms with van der Waals surface area (Å²) in [5, 5.41) is 0. The second kappa shape index (κ2) is 7.40. The van der Waals surface area contributed by atoms with Crippen molar-refractivity contribution in [2.45, 2.75) is 0 Å². The molecule has 0 radical (unpaired) electrons. The van der Waals surface area contributed by atoms with Crippen LogP contribution in [-0.4, -0.2) is 29.3 Å². The topological polar surface area (TPSA) is 57.7 Å². The summed E-state index contributed by atoms with van der Waals surface area (Å²) < 4.78 is 0.691. The van der Waals surface area contributed by atoms with E-state index in [1.165, 1.54) is 4.90 Å². The summed E-state index contributed by atoms with van der Waals surface area (Å²) in [7, 11) is 0. The summed E-state index contributed by atoms with van der Waals surface area (Å²) in [6.45, 7) is -0.178. The Morgan fingerprint density at radius 1 is 0.786 bits per heavy atom. The van der Waals surface area contributed by atoms with Crippen molar-refractivity contribution in [1.29, 1.82) is 0 Å². The van der Waals surface area contributed by atoms with E-state index in [0.717, 1.165) is 4.90 Å². The molecular weight excluding hydrogens is 420 g/mol. The van der Waals surface area contributed by atoms with E-state index in [0.29, 0.717) is 26.9 Å². The van der Waals surface area contributed by atoms with Crippen molar-refractivity contribution in [3.63, 3.8) is 0 Å². The van der Waals surface area contributed by atoms with E-state index in [9.17, 15) is 14.4 Å². The normalized spacial score (nSPS) is 12.8. The number of fused-ring (bicyclic) bond motifs is 1. The van der Waals surface area contributed by atoms with Gasteiger partial charge in [0.25, 0.3) is 17.7 Å². The molecule has 0 aliphatic carbocycles. The molecule has 3 aromatic rings. The minimum Gasteiger partial charge on any atom is -0.288 e. The summed E-state index contributed by atoms with van der Waals surface area (Å²) in [6.07, 6.45) is 0. The Labute approximate surface area is 170 Å². The molecule has 1 heterocycles. The molecule has 0 fully saturated rings. The Morgan fingerprint density at radius 2 is 1.32 bits per heavy atom. The van der Waals surface area contributed by atoms with Gasteiger partial charge in [0, 0.05) is 10.0 Å². The predicted octanol–water partition coefficient (Wildman–Crippen LogP) is 4.35. The van der Waals surface area contributed by atoms with E-state index in [4.69, 9.17) is 0 Å². The number of carbonyl (C=O) groups excluding carboxylic acids is 3. The number of carbonyl (C=O) groups is 3. The molecule has 5 nitrogen and oxygen atoms in total. The lowest BCUT2D eigenvalue weighted by molar-refractivity contribution is 0.0650. The van der Waals surface area contributed by atoms with Gasteiger partial charge in [-0.25, -0.2) is 0 Å². The number of benzene rings is 3. The molecule has 0 unspecified atom stereocenters. The fourth-order valence-electron chi connectivity index (χ4n) is 3.17. The molecule has 0 saturated heterocycles. The zero-order chi connectivity index (χ0) is 19.7. The maximum atomic E-state index is 13.2. The summed E-state index contributed by atoms with van der Waals surface area (Å²) in [6, 6.07) is 22.7. The summed E-state index contributed by atoms with van der Waals surface area (Å²) in [5.74, 6) is -1.11. The van der Waals surface area contributed by atoms with Crippen molar-refractivity contribution in [2.24, 2.45) is 0 Å². The molecule has 0 atom stereocenters. The van der Waals surface area contributed by atoms with Crippen LogP contribution in [0.25, 0.3) is 0 Å². The van der Waals surface area contributed by atoms with E-state index < -0.39 is 11.8 Å². The van der Waals surface area contributed by atoms with Crippen LogP contribution in [0.15, 0.2) is 83.3 Å². The van der Waals surface area contributed by atoms with Crippen LogP contribution < -0.4 is 4.90 Å². The van der Waals surface area contributed by atoms with Crippen molar-refractivity contribution < 1.29 is 14.4 Å². The number of rotatable bonds is 4. The molecule has 3 aromatic carbocycles. The standard InChI is InChI=1S/C22H15BrN2O3/c23-18-12-6-7-13-19(18)24(20(26)15-8-2-1-3-9-15)14-25-21(27)16-10-4-5-11-17(16)22(25)28/h1-13H,14H2. The average Bonchev–Trinajstić information content (AvgIpc) is 2.97. The highest BCUT2D eigenvalue weighted by molar-refractivity contribution is 9.10. The van der Waals surface area contributed by atoms with Crippen molar-refractivity contribution >= 4 is 39.3 Å². The Kier molecular flexibility index (Phi) is 4.79. The molecular formula is C22H15BrN2O3. The first-order valence-electron chi connectivity index (χ1n) is 8.64.